The highest BCUT2D eigenvalue weighted by Gasteiger charge is 2.26. The summed E-state index contributed by atoms with van der Waals surface area (Å²) in [5, 5.41) is 2.94. The first-order chi connectivity index (χ1) is 14.7. The molecular weight excluding hydrogens is 382 g/mol. The van der Waals surface area contributed by atoms with Crippen molar-refractivity contribution in [1.82, 2.24) is 5.32 Å². The number of hydrogen-bond donors (Lipinski definition) is 1. The minimum absolute atomic E-state index is 0.172. The molecule has 0 saturated carbocycles. The van der Waals surface area contributed by atoms with E-state index in [2.05, 4.69) is 5.32 Å². The van der Waals surface area contributed by atoms with Gasteiger partial charge in [-0.25, -0.2) is 4.79 Å². The molecule has 0 aliphatic carbocycles. The predicted octanol–water partition coefficient (Wildman–Crippen LogP) is 4.73. The van der Waals surface area contributed by atoms with Crippen LogP contribution < -0.4 is 19.5 Å². The van der Waals surface area contributed by atoms with Crippen molar-refractivity contribution in [2.45, 2.75) is 12.6 Å². The highest BCUT2D eigenvalue weighted by molar-refractivity contribution is 5.70. The zero-order chi connectivity index (χ0) is 21.3. The van der Waals surface area contributed by atoms with E-state index in [-0.39, 0.29) is 6.61 Å². The van der Waals surface area contributed by atoms with Gasteiger partial charge in [0, 0.05) is 12.1 Å². The van der Waals surface area contributed by atoms with Crippen molar-refractivity contribution in [3.05, 3.63) is 89.5 Å². The fraction of sp³-hybridized carbons (Fsp3) is 0.208. The summed E-state index contributed by atoms with van der Waals surface area (Å²) in [4.78, 5) is 12.7. The van der Waals surface area contributed by atoms with Gasteiger partial charge in [-0.05, 0) is 11.1 Å². The molecule has 0 aliphatic rings. The Morgan fingerprint density at radius 2 is 1.40 bits per heavy atom. The Morgan fingerprint density at radius 1 is 0.833 bits per heavy atom. The van der Waals surface area contributed by atoms with Gasteiger partial charge in [0.1, 0.15) is 23.9 Å². The van der Waals surface area contributed by atoms with Crippen LogP contribution in [-0.4, -0.2) is 27.4 Å². The van der Waals surface area contributed by atoms with Crippen molar-refractivity contribution in [1.29, 1.82) is 0 Å². The number of carbonyl (C=O) groups is 1. The molecule has 0 aliphatic heterocycles. The Morgan fingerprint density at radius 3 is 1.93 bits per heavy atom. The lowest BCUT2D eigenvalue weighted by atomic mass is 9.96. The van der Waals surface area contributed by atoms with E-state index in [1.165, 1.54) is 0 Å². The molecule has 156 valence electrons. The molecule has 3 aromatic carbocycles. The predicted molar refractivity (Wildman–Crippen MR) is 114 cm³/mol. The maximum absolute atomic E-state index is 12.7. The second-order valence-corrected chi connectivity index (χ2v) is 6.50. The summed E-state index contributed by atoms with van der Waals surface area (Å²) in [7, 11) is 4.70. The zero-order valence-electron chi connectivity index (χ0n) is 17.3. The Hall–Kier alpha value is -3.67. The molecule has 0 spiro atoms. The Balaban J connectivity index is 1.93. The average Bonchev–Trinajstić information content (AvgIpc) is 2.81. The molecule has 30 heavy (non-hydrogen) atoms. The molecule has 1 amide bonds. The summed E-state index contributed by atoms with van der Waals surface area (Å²) < 4.78 is 22.0. The van der Waals surface area contributed by atoms with E-state index in [0.29, 0.717) is 22.8 Å². The van der Waals surface area contributed by atoms with Crippen LogP contribution in [-0.2, 0) is 11.3 Å². The van der Waals surface area contributed by atoms with Gasteiger partial charge in [0.2, 0.25) is 0 Å². The number of carbonyl (C=O) groups excluding carboxylic acids is 1. The summed E-state index contributed by atoms with van der Waals surface area (Å²) in [5.74, 6) is 1.65. The van der Waals surface area contributed by atoms with Crippen LogP contribution in [0.1, 0.15) is 22.7 Å². The molecule has 0 heterocycles. The first-order valence-corrected chi connectivity index (χ1v) is 9.48. The third kappa shape index (κ3) is 5.03. The van der Waals surface area contributed by atoms with Crippen LogP contribution in [0.15, 0.2) is 72.8 Å². The summed E-state index contributed by atoms with van der Waals surface area (Å²) in [5.41, 5.74) is 2.43. The fourth-order valence-corrected chi connectivity index (χ4v) is 3.17. The highest BCUT2D eigenvalue weighted by Crippen LogP contribution is 2.40. The second-order valence-electron chi connectivity index (χ2n) is 6.50. The van der Waals surface area contributed by atoms with E-state index in [0.717, 1.165) is 11.1 Å². The third-order valence-electron chi connectivity index (χ3n) is 4.65. The van der Waals surface area contributed by atoms with E-state index in [9.17, 15) is 4.79 Å². The van der Waals surface area contributed by atoms with Gasteiger partial charge >= 0.3 is 6.09 Å². The van der Waals surface area contributed by atoms with E-state index in [1.54, 1.807) is 33.5 Å². The van der Waals surface area contributed by atoms with E-state index >= 15 is 0 Å². The summed E-state index contributed by atoms with van der Waals surface area (Å²) >= 11 is 0. The quantitative estimate of drug-likeness (QED) is 0.585. The number of benzene rings is 3. The average molecular weight is 407 g/mol. The standard InChI is InChI=1S/C24H25NO5/c1-27-19-14-20(28-2)22(21(15-19)29-3)23(18-12-8-5-9-13-18)25-24(26)30-16-17-10-6-4-7-11-17/h4-15,23H,16H2,1-3H3,(H,25,26). The van der Waals surface area contributed by atoms with Crippen LogP contribution in [0.2, 0.25) is 0 Å². The third-order valence-corrected chi connectivity index (χ3v) is 4.65. The van der Waals surface area contributed by atoms with Crippen molar-refractivity contribution in [3.63, 3.8) is 0 Å². The first kappa shape index (κ1) is 21.0. The van der Waals surface area contributed by atoms with Crippen molar-refractivity contribution in [2.24, 2.45) is 0 Å². The molecule has 0 saturated heterocycles. The van der Waals surface area contributed by atoms with Gasteiger partial charge in [-0.1, -0.05) is 60.7 Å². The molecule has 0 aromatic heterocycles. The van der Waals surface area contributed by atoms with Gasteiger partial charge < -0.3 is 24.3 Å². The summed E-state index contributed by atoms with van der Waals surface area (Å²) in [6, 6.07) is 22.0. The number of alkyl carbamates (subject to hydrolysis) is 1. The number of methoxy groups -OCH3 is 3. The molecular formula is C24H25NO5. The first-order valence-electron chi connectivity index (χ1n) is 9.48. The van der Waals surface area contributed by atoms with Crippen LogP contribution in [0, 0.1) is 0 Å². The minimum Gasteiger partial charge on any atom is -0.496 e. The number of ether oxygens (including phenoxy) is 4. The second kappa shape index (κ2) is 10.2. The molecule has 0 fully saturated rings. The van der Waals surface area contributed by atoms with Crippen LogP contribution in [0.25, 0.3) is 0 Å². The zero-order valence-corrected chi connectivity index (χ0v) is 17.3. The number of rotatable bonds is 8. The lowest BCUT2D eigenvalue weighted by Gasteiger charge is -2.24. The van der Waals surface area contributed by atoms with Crippen LogP contribution in [0.5, 0.6) is 17.2 Å². The summed E-state index contributed by atoms with van der Waals surface area (Å²) in [6.07, 6.45) is -0.548. The Kier molecular flexibility index (Phi) is 7.16. The lowest BCUT2D eigenvalue weighted by molar-refractivity contribution is 0.137. The topological polar surface area (TPSA) is 66.0 Å². The summed E-state index contributed by atoms with van der Waals surface area (Å²) in [6.45, 7) is 0.172. The van der Waals surface area contributed by atoms with Crippen LogP contribution in [0.4, 0.5) is 4.79 Å². The Labute approximate surface area is 176 Å². The SMILES string of the molecule is COc1cc(OC)c(C(NC(=O)OCc2ccccc2)c2ccccc2)c(OC)c1. The molecule has 6 heteroatoms. The van der Waals surface area contributed by atoms with E-state index in [1.807, 2.05) is 60.7 Å². The maximum atomic E-state index is 12.7. The van der Waals surface area contributed by atoms with Gasteiger partial charge in [0.15, 0.2) is 0 Å². The van der Waals surface area contributed by atoms with E-state index < -0.39 is 12.1 Å². The Bertz CT molecular complexity index is 935. The number of amides is 1. The van der Waals surface area contributed by atoms with Gasteiger partial charge in [0.25, 0.3) is 0 Å². The lowest BCUT2D eigenvalue weighted by Crippen LogP contribution is -2.30. The van der Waals surface area contributed by atoms with Gasteiger partial charge in [-0.3, -0.25) is 0 Å². The maximum Gasteiger partial charge on any atom is 0.408 e. The van der Waals surface area contributed by atoms with Crippen molar-refractivity contribution >= 4 is 6.09 Å². The van der Waals surface area contributed by atoms with Gasteiger partial charge in [-0.2, -0.15) is 0 Å². The normalized spacial score (nSPS) is 11.3. The largest absolute Gasteiger partial charge is 0.496 e. The number of hydrogen-bond acceptors (Lipinski definition) is 5. The molecule has 0 radical (unpaired) electrons. The monoisotopic (exact) mass is 407 g/mol. The van der Waals surface area contributed by atoms with E-state index in [4.69, 9.17) is 18.9 Å². The molecule has 6 nitrogen and oxygen atoms in total. The molecule has 3 rings (SSSR count). The number of nitrogens with one attached hydrogen (secondary N) is 1. The van der Waals surface area contributed by atoms with Gasteiger partial charge in [0.05, 0.1) is 32.9 Å². The van der Waals surface area contributed by atoms with Crippen molar-refractivity contribution in [2.75, 3.05) is 21.3 Å². The minimum atomic E-state index is -0.551. The van der Waals surface area contributed by atoms with Crippen LogP contribution >= 0.6 is 0 Å². The van der Waals surface area contributed by atoms with Crippen molar-refractivity contribution in [3.8, 4) is 17.2 Å². The molecule has 1 atom stereocenters. The van der Waals surface area contributed by atoms with Crippen LogP contribution in [0.3, 0.4) is 0 Å². The highest BCUT2D eigenvalue weighted by atomic mass is 16.5. The molecule has 3 aromatic rings. The van der Waals surface area contributed by atoms with Gasteiger partial charge in [-0.15, -0.1) is 0 Å². The molecule has 0 bridgehead atoms. The fourth-order valence-electron chi connectivity index (χ4n) is 3.17. The molecule has 1 N–H and O–H groups in total. The molecule has 1 unspecified atom stereocenters. The smallest absolute Gasteiger partial charge is 0.408 e. The van der Waals surface area contributed by atoms with Crippen molar-refractivity contribution < 1.29 is 23.7 Å².